The molecule has 6 heteroatoms. The molecule has 1 aromatic rings. The van der Waals surface area contributed by atoms with Crippen molar-refractivity contribution in [1.82, 2.24) is 9.88 Å². The first-order chi connectivity index (χ1) is 11.7. The van der Waals surface area contributed by atoms with Crippen LogP contribution >= 0.6 is 0 Å². The molecule has 3 rings (SSSR count). The number of likely N-dealkylation sites (tertiary alicyclic amines) is 1. The fourth-order valence-corrected chi connectivity index (χ4v) is 3.65. The van der Waals surface area contributed by atoms with E-state index in [1.165, 1.54) is 12.8 Å². The van der Waals surface area contributed by atoms with E-state index in [1.807, 2.05) is 16.7 Å². The number of amides is 1. The van der Waals surface area contributed by atoms with E-state index in [0.29, 0.717) is 24.6 Å². The van der Waals surface area contributed by atoms with Crippen LogP contribution in [-0.2, 0) is 11.2 Å². The van der Waals surface area contributed by atoms with Crippen LogP contribution in [0.3, 0.4) is 0 Å². The van der Waals surface area contributed by atoms with Gasteiger partial charge in [0, 0.05) is 32.5 Å². The summed E-state index contributed by atoms with van der Waals surface area (Å²) in [6, 6.07) is 2.20. The quantitative estimate of drug-likeness (QED) is 0.849. The SMILES string of the molecule is Cc1nc(CCC(=O)N2CCCCCC2)oc1N1CCCC1C#N. The summed E-state index contributed by atoms with van der Waals surface area (Å²) in [4.78, 5) is 20.8. The average molecular weight is 330 g/mol. The predicted octanol–water partition coefficient (Wildman–Crippen LogP) is 2.81. The fourth-order valence-electron chi connectivity index (χ4n) is 3.65. The van der Waals surface area contributed by atoms with Crippen LogP contribution in [0.15, 0.2) is 4.42 Å². The van der Waals surface area contributed by atoms with Crippen LogP contribution < -0.4 is 4.90 Å². The van der Waals surface area contributed by atoms with Gasteiger partial charge in [-0.2, -0.15) is 5.26 Å². The Balaban J connectivity index is 1.59. The van der Waals surface area contributed by atoms with Gasteiger partial charge in [0.1, 0.15) is 11.7 Å². The third kappa shape index (κ3) is 3.72. The Morgan fingerprint density at radius 1 is 1.25 bits per heavy atom. The topological polar surface area (TPSA) is 73.4 Å². The first kappa shape index (κ1) is 16.8. The van der Waals surface area contributed by atoms with E-state index in [2.05, 4.69) is 11.1 Å². The molecule has 2 saturated heterocycles. The molecule has 0 saturated carbocycles. The lowest BCUT2D eigenvalue weighted by atomic mass is 10.2. The molecule has 2 fully saturated rings. The molecular weight excluding hydrogens is 304 g/mol. The van der Waals surface area contributed by atoms with Crippen LogP contribution in [0.1, 0.15) is 56.5 Å². The summed E-state index contributed by atoms with van der Waals surface area (Å²) in [7, 11) is 0. The lowest BCUT2D eigenvalue weighted by molar-refractivity contribution is -0.131. The van der Waals surface area contributed by atoms with Gasteiger partial charge < -0.3 is 14.2 Å². The van der Waals surface area contributed by atoms with E-state index in [4.69, 9.17) is 4.42 Å². The molecule has 2 aliphatic rings. The molecule has 130 valence electrons. The zero-order valence-electron chi connectivity index (χ0n) is 14.5. The maximum absolute atomic E-state index is 12.4. The van der Waals surface area contributed by atoms with Crippen molar-refractivity contribution >= 4 is 11.8 Å². The summed E-state index contributed by atoms with van der Waals surface area (Å²) in [5.41, 5.74) is 0.814. The first-order valence-corrected chi connectivity index (χ1v) is 9.09. The number of hydrogen-bond donors (Lipinski definition) is 0. The minimum absolute atomic E-state index is 0.122. The maximum Gasteiger partial charge on any atom is 0.223 e. The number of carbonyl (C=O) groups excluding carboxylic acids is 1. The third-order valence-corrected chi connectivity index (χ3v) is 4.99. The highest BCUT2D eigenvalue weighted by molar-refractivity contribution is 5.76. The number of aryl methyl sites for hydroxylation is 2. The van der Waals surface area contributed by atoms with Crippen LogP contribution in [0.2, 0.25) is 0 Å². The molecule has 1 atom stereocenters. The second kappa shape index (κ2) is 7.69. The highest BCUT2D eigenvalue weighted by Gasteiger charge is 2.29. The Labute approximate surface area is 143 Å². The van der Waals surface area contributed by atoms with Crippen LogP contribution in [0.4, 0.5) is 5.88 Å². The third-order valence-electron chi connectivity index (χ3n) is 4.99. The maximum atomic E-state index is 12.4. The molecule has 3 heterocycles. The van der Waals surface area contributed by atoms with E-state index in [-0.39, 0.29) is 11.9 Å². The number of oxazole rings is 1. The standard InChI is InChI=1S/C18H26N4O2/c1-14-18(22-12-6-7-15(22)13-19)24-16(20-14)8-9-17(23)21-10-4-2-3-5-11-21/h15H,2-12H2,1H3. The van der Waals surface area contributed by atoms with Gasteiger partial charge in [-0.1, -0.05) is 12.8 Å². The Bertz CT molecular complexity index is 611. The monoisotopic (exact) mass is 330 g/mol. The number of anilines is 1. The van der Waals surface area contributed by atoms with Crippen molar-refractivity contribution < 1.29 is 9.21 Å². The molecule has 2 aliphatic heterocycles. The number of nitriles is 1. The van der Waals surface area contributed by atoms with Crippen molar-refractivity contribution in [3.63, 3.8) is 0 Å². The summed E-state index contributed by atoms with van der Waals surface area (Å²) >= 11 is 0. The summed E-state index contributed by atoms with van der Waals surface area (Å²) in [5, 5.41) is 9.23. The Kier molecular flexibility index (Phi) is 5.39. The molecule has 1 aromatic heterocycles. The van der Waals surface area contributed by atoms with Crippen molar-refractivity contribution in [3.8, 4) is 6.07 Å². The van der Waals surface area contributed by atoms with E-state index >= 15 is 0 Å². The van der Waals surface area contributed by atoms with Gasteiger partial charge in [-0.3, -0.25) is 4.79 Å². The second-order valence-electron chi connectivity index (χ2n) is 6.77. The Morgan fingerprint density at radius 3 is 2.71 bits per heavy atom. The van der Waals surface area contributed by atoms with Crippen molar-refractivity contribution in [2.75, 3.05) is 24.5 Å². The number of carbonyl (C=O) groups is 1. The van der Waals surface area contributed by atoms with Gasteiger partial charge in [0.2, 0.25) is 11.8 Å². The molecule has 0 aliphatic carbocycles. The van der Waals surface area contributed by atoms with E-state index in [9.17, 15) is 10.1 Å². The molecule has 0 spiro atoms. The van der Waals surface area contributed by atoms with Crippen molar-refractivity contribution in [2.45, 2.75) is 64.3 Å². The lowest BCUT2D eigenvalue weighted by Crippen LogP contribution is -2.31. The van der Waals surface area contributed by atoms with Gasteiger partial charge in [0.15, 0.2) is 5.89 Å². The molecule has 1 unspecified atom stereocenters. The van der Waals surface area contributed by atoms with Crippen LogP contribution in [0.25, 0.3) is 0 Å². The van der Waals surface area contributed by atoms with Gasteiger partial charge in [-0.05, 0) is 32.6 Å². The average Bonchev–Trinajstić information content (AvgIpc) is 3.09. The van der Waals surface area contributed by atoms with Crippen molar-refractivity contribution in [3.05, 3.63) is 11.6 Å². The van der Waals surface area contributed by atoms with Crippen LogP contribution in [0.5, 0.6) is 0 Å². The molecule has 0 radical (unpaired) electrons. The lowest BCUT2D eigenvalue weighted by Gasteiger charge is -2.20. The van der Waals surface area contributed by atoms with Gasteiger partial charge in [-0.25, -0.2) is 4.98 Å². The highest BCUT2D eigenvalue weighted by atomic mass is 16.4. The Morgan fingerprint density at radius 2 is 2.00 bits per heavy atom. The van der Waals surface area contributed by atoms with Crippen molar-refractivity contribution in [1.29, 1.82) is 5.26 Å². The molecular formula is C18H26N4O2. The van der Waals surface area contributed by atoms with E-state index < -0.39 is 0 Å². The van der Waals surface area contributed by atoms with Gasteiger partial charge in [0.05, 0.1) is 6.07 Å². The molecule has 0 N–H and O–H groups in total. The second-order valence-corrected chi connectivity index (χ2v) is 6.77. The van der Waals surface area contributed by atoms with Crippen LogP contribution in [-0.4, -0.2) is 41.5 Å². The summed E-state index contributed by atoms with van der Waals surface area (Å²) in [5.74, 6) is 1.51. The summed E-state index contributed by atoms with van der Waals surface area (Å²) in [6.07, 6.45) is 7.52. The number of hydrogen-bond acceptors (Lipinski definition) is 5. The molecule has 1 amide bonds. The predicted molar refractivity (Wildman–Crippen MR) is 90.6 cm³/mol. The largest absolute Gasteiger partial charge is 0.425 e. The fraction of sp³-hybridized carbons (Fsp3) is 0.722. The minimum atomic E-state index is -0.122. The molecule has 6 nitrogen and oxygen atoms in total. The number of aromatic nitrogens is 1. The summed E-state index contributed by atoms with van der Waals surface area (Å²) in [6.45, 7) is 4.50. The van der Waals surface area contributed by atoms with Gasteiger partial charge >= 0.3 is 0 Å². The normalized spacial score (nSPS) is 21.6. The smallest absolute Gasteiger partial charge is 0.223 e. The number of nitrogens with zero attached hydrogens (tertiary/aromatic N) is 4. The van der Waals surface area contributed by atoms with E-state index in [1.54, 1.807) is 0 Å². The van der Waals surface area contributed by atoms with Gasteiger partial charge in [-0.15, -0.1) is 0 Å². The van der Waals surface area contributed by atoms with E-state index in [0.717, 1.165) is 51.0 Å². The first-order valence-electron chi connectivity index (χ1n) is 9.09. The highest BCUT2D eigenvalue weighted by Crippen LogP contribution is 2.29. The Hall–Kier alpha value is -2.03. The molecule has 24 heavy (non-hydrogen) atoms. The zero-order chi connectivity index (χ0) is 16.9. The van der Waals surface area contributed by atoms with Crippen LogP contribution in [0, 0.1) is 18.3 Å². The molecule has 0 bridgehead atoms. The van der Waals surface area contributed by atoms with Gasteiger partial charge in [0.25, 0.3) is 0 Å². The zero-order valence-corrected chi connectivity index (χ0v) is 14.5. The summed E-state index contributed by atoms with van der Waals surface area (Å²) < 4.78 is 5.89. The number of rotatable bonds is 4. The molecule has 0 aromatic carbocycles. The van der Waals surface area contributed by atoms with Crippen molar-refractivity contribution in [2.24, 2.45) is 0 Å². The minimum Gasteiger partial charge on any atom is -0.425 e.